The van der Waals surface area contributed by atoms with Gasteiger partial charge in [-0.2, -0.15) is 0 Å². The quantitative estimate of drug-likeness (QED) is 0.889. The summed E-state index contributed by atoms with van der Waals surface area (Å²) in [5.74, 6) is 0.104. The molecule has 22 heavy (non-hydrogen) atoms. The number of hydrogen-bond donors (Lipinski definition) is 2. The third-order valence-corrected chi connectivity index (χ3v) is 2.85. The summed E-state index contributed by atoms with van der Waals surface area (Å²) < 4.78 is 18.5. The molecule has 2 rings (SSSR count). The van der Waals surface area contributed by atoms with E-state index in [-0.39, 0.29) is 11.7 Å². The van der Waals surface area contributed by atoms with Gasteiger partial charge in [-0.1, -0.05) is 12.1 Å². The Balaban J connectivity index is 1.94. The van der Waals surface area contributed by atoms with Crippen LogP contribution in [0.1, 0.15) is 19.4 Å². The first-order valence-corrected chi connectivity index (χ1v) is 6.80. The molecule has 1 heterocycles. The van der Waals surface area contributed by atoms with Crippen LogP contribution in [0.15, 0.2) is 42.6 Å². The van der Waals surface area contributed by atoms with E-state index in [1.165, 1.54) is 12.1 Å². The van der Waals surface area contributed by atoms with E-state index >= 15 is 0 Å². The third-order valence-electron chi connectivity index (χ3n) is 2.85. The van der Waals surface area contributed by atoms with Crippen molar-refractivity contribution in [2.45, 2.75) is 25.9 Å². The molecule has 0 atom stereocenters. The molecule has 3 N–H and O–H groups in total. The number of hydrogen-bond acceptors (Lipinski definition) is 4. The molecular weight excluding hydrogens is 285 g/mol. The van der Waals surface area contributed by atoms with Crippen LogP contribution >= 0.6 is 0 Å². The summed E-state index contributed by atoms with van der Waals surface area (Å²) in [6, 6.07) is 9.24. The highest BCUT2D eigenvalue weighted by atomic mass is 19.1. The summed E-state index contributed by atoms with van der Waals surface area (Å²) in [4.78, 5) is 15.8. The Hall–Kier alpha value is -2.47. The van der Waals surface area contributed by atoms with Gasteiger partial charge in [0, 0.05) is 24.9 Å². The molecule has 0 unspecified atom stereocenters. The van der Waals surface area contributed by atoms with Gasteiger partial charge in [0.25, 0.3) is 0 Å². The van der Waals surface area contributed by atoms with Crippen LogP contribution in [0.2, 0.25) is 0 Å². The second-order valence-electron chi connectivity index (χ2n) is 5.47. The smallest absolute Gasteiger partial charge is 0.239 e. The lowest BCUT2D eigenvalue weighted by Gasteiger charge is -2.17. The Bertz CT molecular complexity index is 651. The molecule has 0 saturated heterocycles. The van der Waals surface area contributed by atoms with Crippen LogP contribution in [0.25, 0.3) is 0 Å². The topological polar surface area (TPSA) is 77.2 Å². The number of aromatic nitrogens is 1. The average Bonchev–Trinajstić information content (AvgIpc) is 2.45. The fraction of sp³-hybridized carbons (Fsp3) is 0.250. The second-order valence-corrected chi connectivity index (χ2v) is 5.47. The van der Waals surface area contributed by atoms with E-state index in [0.717, 1.165) is 5.56 Å². The molecule has 0 radical (unpaired) electrons. The lowest BCUT2D eigenvalue weighted by atomic mass is 10.1. The fourth-order valence-electron chi connectivity index (χ4n) is 1.64. The van der Waals surface area contributed by atoms with Crippen LogP contribution in [0, 0.1) is 5.82 Å². The highest BCUT2D eigenvalue weighted by Crippen LogP contribution is 2.19. The number of nitrogens with one attached hydrogen (secondary N) is 1. The molecule has 0 fully saturated rings. The first-order chi connectivity index (χ1) is 10.3. The van der Waals surface area contributed by atoms with E-state index in [4.69, 9.17) is 10.5 Å². The van der Waals surface area contributed by atoms with Crippen LogP contribution in [0.5, 0.6) is 11.6 Å². The Morgan fingerprint density at radius 1 is 1.36 bits per heavy atom. The molecule has 0 aliphatic rings. The minimum Gasteiger partial charge on any atom is -0.439 e. The fourth-order valence-corrected chi connectivity index (χ4v) is 1.64. The third kappa shape index (κ3) is 4.53. The van der Waals surface area contributed by atoms with Crippen molar-refractivity contribution in [3.05, 3.63) is 54.0 Å². The number of nitrogens with two attached hydrogens (primary N) is 1. The maximum Gasteiger partial charge on any atom is 0.239 e. The number of nitrogens with zero attached hydrogens (tertiary/aromatic N) is 1. The van der Waals surface area contributed by atoms with E-state index in [1.807, 2.05) is 0 Å². The SMILES string of the molecule is CC(C)(N)C(=O)NCc1ccc(Oc2cccc(F)c2)nc1. The molecule has 116 valence electrons. The Kier molecular flexibility index (Phi) is 4.72. The number of amides is 1. The normalized spacial score (nSPS) is 11.1. The molecule has 0 aliphatic heterocycles. The van der Waals surface area contributed by atoms with Crippen molar-refractivity contribution >= 4 is 5.91 Å². The van der Waals surface area contributed by atoms with E-state index in [2.05, 4.69) is 10.3 Å². The van der Waals surface area contributed by atoms with E-state index in [1.54, 1.807) is 44.3 Å². The highest BCUT2D eigenvalue weighted by molar-refractivity contribution is 5.84. The molecule has 1 aromatic heterocycles. The molecule has 6 heteroatoms. The maximum atomic E-state index is 13.1. The van der Waals surface area contributed by atoms with Crippen LogP contribution in [-0.2, 0) is 11.3 Å². The maximum absolute atomic E-state index is 13.1. The van der Waals surface area contributed by atoms with Crippen molar-refractivity contribution in [2.75, 3.05) is 0 Å². The number of halogens is 1. The number of pyridine rings is 1. The number of rotatable bonds is 5. The van der Waals surface area contributed by atoms with Gasteiger partial charge in [0.15, 0.2) is 0 Å². The first kappa shape index (κ1) is 15.9. The highest BCUT2D eigenvalue weighted by Gasteiger charge is 2.21. The molecule has 1 aromatic carbocycles. The molecule has 0 bridgehead atoms. The number of carbonyl (C=O) groups excluding carboxylic acids is 1. The lowest BCUT2D eigenvalue weighted by molar-refractivity contribution is -0.125. The van der Waals surface area contributed by atoms with Crippen molar-refractivity contribution in [3.8, 4) is 11.6 Å². The zero-order chi connectivity index (χ0) is 16.2. The van der Waals surface area contributed by atoms with E-state index in [0.29, 0.717) is 18.2 Å². The minimum absolute atomic E-state index is 0.243. The van der Waals surface area contributed by atoms with Gasteiger partial charge in [0.05, 0.1) is 5.54 Å². The van der Waals surface area contributed by atoms with Crippen molar-refractivity contribution in [2.24, 2.45) is 5.73 Å². The molecule has 1 amide bonds. The summed E-state index contributed by atoms with van der Waals surface area (Å²) >= 11 is 0. The molecule has 0 aliphatic carbocycles. The summed E-state index contributed by atoms with van der Waals surface area (Å²) in [5.41, 5.74) is 5.57. The molecule has 2 aromatic rings. The zero-order valence-corrected chi connectivity index (χ0v) is 12.5. The number of benzene rings is 1. The summed E-state index contributed by atoms with van der Waals surface area (Å²) in [7, 11) is 0. The van der Waals surface area contributed by atoms with Crippen molar-refractivity contribution in [1.82, 2.24) is 10.3 Å². The Morgan fingerprint density at radius 3 is 2.73 bits per heavy atom. The van der Waals surface area contributed by atoms with Crippen LogP contribution in [0.3, 0.4) is 0 Å². The van der Waals surface area contributed by atoms with Crippen LogP contribution in [-0.4, -0.2) is 16.4 Å². The Morgan fingerprint density at radius 2 is 2.14 bits per heavy atom. The van der Waals surface area contributed by atoms with Gasteiger partial charge >= 0.3 is 0 Å². The van der Waals surface area contributed by atoms with E-state index in [9.17, 15) is 9.18 Å². The standard InChI is InChI=1S/C16H18FN3O2/c1-16(2,18)15(21)20-10-11-6-7-14(19-9-11)22-13-5-3-4-12(17)8-13/h3-9H,10,18H2,1-2H3,(H,20,21). The van der Waals surface area contributed by atoms with Gasteiger partial charge < -0.3 is 15.8 Å². The number of ether oxygens (including phenoxy) is 1. The largest absolute Gasteiger partial charge is 0.439 e. The predicted octanol–water partition coefficient (Wildman–Crippen LogP) is 2.37. The van der Waals surface area contributed by atoms with Crippen LogP contribution < -0.4 is 15.8 Å². The zero-order valence-electron chi connectivity index (χ0n) is 12.5. The van der Waals surface area contributed by atoms with Gasteiger partial charge in [-0.15, -0.1) is 0 Å². The first-order valence-electron chi connectivity index (χ1n) is 6.80. The molecule has 5 nitrogen and oxygen atoms in total. The van der Waals surface area contributed by atoms with E-state index < -0.39 is 5.54 Å². The Labute approximate surface area is 128 Å². The van der Waals surface area contributed by atoms with Gasteiger partial charge in [-0.25, -0.2) is 9.37 Å². The second kappa shape index (κ2) is 6.53. The monoisotopic (exact) mass is 303 g/mol. The minimum atomic E-state index is -0.923. The summed E-state index contributed by atoms with van der Waals surface area (Å²) in [6.07, 6.45) is 1.58. The average molecular weight is 303 g/mol. The van der Waals surface area contributed by atoms with Gasteiger partial charge in [0.1, 0.15) is 11.6 Å². The van der Waals surface area contributed by atoms with Crippen molar-refractivity contribution in [3.63, 3.8) is 0 Å². The van der Waals surface area contributed by atoms with Gasteiger partial charge in [-0.3, -0.25) is 4.79 Å². The lowest BCUT2D eigenvalue weighted by Crippen LogP contribution is -2.48. The predicted molar refractivity (Wildman–Crippen MR) is 80.8 cm³/mol. The summed E-state index contributed by atoms with van der Waals surface area (Å²) in [5, 5.41) is 2.72. The van der Waals surface area contributed by atoms with Gasteiger partial charge in [0.2, 0.25) is 11.8 Å². The van der Waals surface area contributed by atoms with Crippen molar-refractivity contribution < 1.29 is 13.9 Å². The molecule has 0 saturated carbocycles. The molecular formula is C16H18FN3O2. The van der Waals surface area contributed by atoms with Crippen LogP contribution in [0.4, 0.5) is 4.39 Å². The van der Waals surface area contributed by atoms with Crippen molar-refractivity contribution in [1.29, 1.82) is 0 Å². The summed E-state index contributed by atoms with van der Waals surface area (Å²) in [6.45, 7) is 3.60. The molecule has 0 spiro atoms. The van der Waals surface area contributed by atoms with Gasteiger partial charge in [-0.05, 0) is 31.5 Å². The number of carbonyl (C=O) groups is 1.